The minimum atomic E-state index is -0.571. The van der Waals surface area contributed by atoms with Gasteiger partial charge < -0.3 is 9.64 Å². The van der Waals surface area contributed by atoms with Crippen molar-refractivity contribution in [2.75, 3.05) is 20.7 Å². The molecule has 1 heterocycles. The molecule has 0 aliphatic rings. The largest absolute Gasteiger partial charge is 0.452 e. The standard InChI is InChI=1S/C19H22ClN3O3/c1-13-16(9-10-19(25)26-12-18(24)22(3)4)14(2)23(21-13)11-15-7-5-6-8-17(15)20/h5-10H,11-12H2,1-4H3/b10-9+. The van der Waals surface area contributed by atoms with E-state index in [0.29, 0.717) is 11.6 Å². The van der Waals surface area contributed by atoms with Gasteiger partial charge in [0, 0.05) is 36.5 Å². The minimum Gasteiger partial charge on any atom is -0.452 e. The molecule has 2 aromatic rings. The maximum absolute atomic E-state index is 11.8. The first-order chi connectivity index (χ1) is 12.3. The summed E-state index contributed by atoms with van der Waals surface area (Å²) in [5.41, 5.74) is 3.52. The average Bonchev–Trinajstić information content (AvgIpc) is 2.86. The van der Waals surface area contributed by atoms with Crippen molar-refractivity contribution < 1.29 is 14.3 Å². The molecule has 0 unspecified atom stereocenters. The lowest BCUT2D eigenvalue weighted by molar-refractivity contribution is -0.146. The number of amides is 1. The molecule has 0 radical (unpaired) electrons. The monoisotopic (exact) mass is 375 g/mol. The van der Waals surface area contributed by atoms with Crippen LogP contribution >= 0.6 is 11.6 Å². The second kappa shape index (κ2) is 8.67. The molecule has 0 aliphatic carbocycles. The highest BCUT2D eigenvalue weighted by atomic mass is 35.5. The third-order valence-corrected chi connectivity index (χ3v) is 4.31. The normalized spacial score (nSPS) is 11.0. The highest BCUT2D eigenvalue weighted by molar-refractivity contribution is 6.31. The summed E-state index contributed by atoms with van der Waals surface area (Å²) in [6.07, 6.45) is 2.96. The van der Waals surface area contributed by atoms with Crippen molar-refractivity contribution in [2.45, 2.75) is 20.4 Å². The highest BCUT2D eigenvalue weighted by Crippen LogP contribution is 2.20. The van der Waals surface area contributed by atoms with Gasteiger partial charge in [-0.15, -0.1) is 0 Å². The number of nitrogens with zero attached hydrogens (tertiary/aromatic N) is 3. The molecule has 0 bridgehead atoms. The van der Waals surface area contributed by atoms with E-state index in [0.717, 1.165) is 22.5 Å². The first-order valence-corrected chi connectivity index (χ1v) is 8.49. The zero-order valence-electron chi connectivity index (χ0n) is 15.3. The summed E-state index contributed by atoms with van der Waals surface area (Å²) in [6, 6.07) is 7.61. The van der Waals surface area contributed by atoms with Crippen LogP contribution < -0.4 is 0 Å². The molecule has 138 valence electrons. The molecule has 0 saturated heterocycles. The van der Waals surface area contributed by atoms with Crippen LogP contribution in [-0.4, -0.2) is 47.3 Å². The van der Waals surface area contributed by atoms with E-state index in [1.165, 1.54) is 11.0 Å². The zero-order valence-corrected chi connectivity index (χ0v) is 16.1. The average molecular weight is 376 g/mol. The van der Waals surface area contributed by atoms with Gasteiger partial charge in [-0.3, -0.25) is 9.48 Å². The quantitative estimate of drug-likeness (QED) is 0.575. The van der Waals surface area contributed by atoms with Gasteiger partial charge in [0.25, 0.3) is 5.91 Å². The van der Waals surface area contributed by atoms with Crippen molar-refractivity contribution in [2.24, 2.45) is 0 Å². The molecule has 0 N–H and O–H groups in total. The topological polar surface area (TPSA) is 64.4 Å². The summed E-state index contributed by atoms with van der Waals surface area (Å²) in [6.45, 7) is 4.07. The SMILES string of the molecule is Cc1nn(Cc2ccccc2Cl)c(C)c1/C=C/C(=O)OCC(=O)N(C)C. The van der Waals surface area contributed by atoms with Gasteiger partial charge >= 0.3 is 5.97 Å². The van der Waals surface area contributed by atoms with Crippen LogP contribution in [0.1, 0.15) is 22.5 Å². The number of aryl methyl sites for hydroxylation is 1. The summed E-state index contributed by atoms with van der Waals surface area (Å²) in [4.78, 5) is 24.6. The van der Waals surface area contributed by atoms with Crippen LogP contribution in [0.4, 0.5) is 0 Å². The molecule has 0 saturated carbocycles. The Morgan fingerprint density at radius 3 is 2.62 bits per heavy atom. The van der Waals surface area contributed by atoms with Gasteiger partial charge in [-0.25, -0.2) is 4.79 Å². The van der Waals surface area contributed by atoms with E-state index in [-0.39, 0.29) is 12.5 Å². The van der Waals surface area contributed by atoms with Crippen LogP contribution in [0.25, 0.3) is 6.08 Å². The van der Waals surface area contributed by atoms with E-state index < -0.39 is 5.97 Å². The maximum atomic E-state index is 11.8. The lowest BCUT2D eigenvalue weighted by Crippen LogP contribution is -2.27. The molecule has 0 aliphatic heterocycles. The Morgan fingerprint density at radius 1 is 1.27 bits per heavy atom. The Labute approximate surface area is 158 Å². The molecule has 2 rings (SSSR count). The van der Waals surface area contributed by atoms with Crippen LogP contribution in [0.2, 0.25) is 5.02 Å². The molecule has 6 nitrogen and oxygen atoms in total. The van der Waals surface area contributed by atoms with E-state index in [1.54, 1.807) is 20.2 Å². The third kappa shape index (κ3) is 4.95. The van der Waals surface area contributed by atoms with Crippen molar-refractivity contribution in [3.63, 3.8) is 0 Å². The fourth-order valence-corrected chi connectivity index (χ4v) is 2.55. The summed E-state index contributed by atoms with van der Waals surface area (Å²) in [7, 11) is 3.21. The number of ether oxygens (including phenoxy) is 1. The predicted octanol–water partition coefficient (Wildman–Crippen LogP) is 2.85. The van der Waals surface area contributed by atoms with Gasteiger partial charge in [0.05, 0.1) is 12.2 Å². The molecule has 1 amide bonds. The van der Waals surface area contributed by atoms with Crippen LogP contribution in [0, 0.1) is 13.8 Å². The Balaban J connectivity index is 2.09. The molecule has 26 heavy (non-hydrogen) atoms. The third-order valence-electron chi connectivity index (χ3n) is 3.94. The van der Waals surface area contributed by atoms with Crippen LogP contribution in [0.15, 0.2) is 30.3 Å². The van der Waals surface area contributed by atoms with Gasteiger partial charge in [0.1, 0.15) is 0 Å². The molecular formula is C19H22ClN3O3. The molecule has 1 aromatic heterocycles. The number of aromatic nitrogens is 2. The Bertz CT molecular complexity index is 841. The number of esters is 1. The van der Waals surface area contributed by atoms with E-state index in [2.05, 4.69) is 5.10 Å². The molecule has 0 fully saturated rings. The van der Waals surface area contributed by atoms with Crippen molar-refractivity contribution in [1.29, 1.82) is 0 Å². The lowest BCUT2D eigenvalue weighted by atomic mass is 10.1. The number of benzene rings is 1. The number of likely N-dealkylation sites (N-methyl/N-ethyl adjacent to an activating group) is 1. The first-order valence-electron chi connectivity index (χ1n) is 8.12. The van der Waals surface area contributed by atoms with Crippen LogP contribution in [0.5, 0.6) is 0 Å². The Morgan fingerprint density at radius 2 is 1.96 bits per heavy atom. The fourth-order valence-electron chi connectivity index (χ4n) is 2.36. The summed E-state index contributed by atoms with van der Waals surface area (Å²) in [5, 5.41) is 5.20. The van der Waals surface area contributed by atoms with E-state index in [9.17, 15) is 9.59 Å². The number of carbonyl (C=O) groups is 2. The van der Waals surface area contributed by atoms with E-state index >= 15 is 0 Å². The number of halogens is 1. The lowest BCUT2D eigenvalue weighted by Gasteiger charge is -2.09. The number of rotatable bonds is 6. The van der Waals surface area contributed by atoms with Gasteiger partial charge in [-0.2, -0.15) is 5.10 Å². The van der Waals surface area contributed by atoms with Gasteiger partial charge in [0.15, 0.2) is 6.61 Å². The molecule has 1 aromatic carbocycles. The molecule has 7 heteroatoms. The Hall–Kier alpha value is -2.60. The van der Waals surface area contributed by atoms with Crippen molar-refractivity contribution in [3.05, 3.63) is 57.9 Å². The minimum absolute atomic E-state index is 0.272. The zero-order chi connectivity index (χ0) is 19.3. The Kier molecular flexibility index (Phi) is 6.58. The van der Waals surface area contributed by atoms with E-state index in [4.69, 9.17) is 16.3 Å². The number of carbonyl (C=O) groups excluding carboxylic acids is 2. The van der Waals surface area contributed by atoms with Crippen LogP contribution in [0.3, 0.4) is 0 Å². The van der Waals surface area contributed by atoms with Gasteiger partial charge in [-0.05, 0) is 31.6 Å². The second-order valence-electron chi connectivity index (χ2n) is 6.06. The molecule has 0 spiro atoms. The summed E-state index contributed by atoms with van der Waals surface area (Å²) < 4.78 is 6.77. The first kappa shape index (κ1) is 19.7. The highest BCUT2D eigenvalue weighted by Gasteiger charge is 2.12. The van der Waals surface area contributed by atoms with Gasteiger partial charge in [-0.1, -0.05) is 29.8 Å². The van der Waals surface area contributed by atoms with Crippen LogP contribution in [-0.2, 0) is 20.9 Å². The molecule has 0 atom stereocenters. The number of hydrogen-bond donors (Lipinski definition) is 0. The fraction of sp³-hybridized carbons (Fsp3) is 0.316. The van der Waals surface area contributed by atoms with E-state index in [1.807, 2.05) is 42.8 Å². The number of hydrogen-bond acceptors (Lipinski definition) is 4. The van der Waals surface area contributed by atoms with Crippen molar-refractivity contribution in [3.8, 4) is 0 Å². The second-order valence-corrected chi connectivity index (χ2v) is 6.47. The van der Waals surface area contributed by atoms with Gasteiger partial charge in [0.2, 0.25) is 0 Å². The smallest absolute Gasteiger partial charge is 0.331 e. The maximum Gasteiger partial charge on any atom is 0.331 e. The van der Waals surface area contributed by atoms with Crippen molar-refractivity contribution >= 4 is 29.6 Å². The summed E-state index contributed by atoms with van der Waals surface area (Å²) in [5.74, 6) is -0.843. The summed E-state index contributed by atoms with van der Waals surface area (Å²) >= 11 is 6.21. The molecular weight excluding hydrogens is 354 g/mol. The van der Waals surface area contributed by atoms with Crippen molar-refractivity contribution in [1.82, 2.24) is 14.7 Å². The predicted molar refractivity (Wildman–Crippen MR) is 101 cm³/mol.